The zero-order chi connectivity index (χ0) is 21.1. The number of benzene rings is 2. The molecule has 156 valence electrons. The average molecular weight is 428 g/mol. The Bertz CT molecular complexity index is 970. The number of hydrogen-bond donors (Lipinski definition) is 1. The van der Waals surface area contributed by atoms with Crippen LogP contribution in [0.5, 0.6) is 0 Å². The number of ether oxygens (including phenoxy) is 1. The Morgan fingerprint density at radius 1 is 1.03 bits per heavy atom. The minimum absolute atomic E-state index is 0.120. The van der Waals surface area contributed by atoms with Crippen LogP contribution in [0.25, 0.3) is 0 Å². The van der Waals surface area contributed by atoms with Crippen LogP contribution in [0, 0.1) is 0 Å². The van der Waals surface area contributed by atoms with E-state index in [1.54, 1.807) is 0 Å². The van der Waals surface area contributed by atoms with Crippen molar-refractivity contribution in [3.63, 3.8) is 0 Å². The molecule has 0 aromatic heterocycles. The Labute approximate surface area is 166 Å². The van der Waals surface area contributed by atoms with E-state index >= 15 is 0 Å². The van der Waals surface area contributed by atoms with Crippen LogP contribution in [0.15, 0.2) is 48.5 Å². The fourth-order valence-electron chi connectivity index (χ4n) is 2.91. The number of rotatable bonds is 5. The van der Waals surface area contributed by atoms with Crippen molar-refractivity contribution in [1.82, 2.24) is 4.31 Å². The summed E-state index contributed by atoms with van der Waals surface area (Å²) in [7, 11) is -3.51. The lowest BCUT2D eigenvalue weighted by Gasteiger charge is -2.26. The summed E-state index contributed by atoms with van der Waals surface area (Å²) in [4.78, 5) is 12.3. The highest BCUT2D eigenvalue weighted by Crippen LogP contribution is 2.34. The summed E-state index contributed by atoms with van der Waals surface area (Å²) >= 11 is 0. The van der Waals surface area contributed by atoms with Crippen LogP contribution in [0.4, 0.5) is 18.9 Å². The van der Waals surface area contributed by atoms with Crippen molar-refractivity contribution in [2.75, 3.05) is 31.6 Å². The molecule has 2 aromatic carbocycles. The minimum atomic E-state index is -4.60. The first-order valence-electron chi connectivity index (χ1n) is 8.79. The zero-order valence-corrected chi connectivity index (χ0v) is 16.1. The van der Waals surface area contributed by atoms with Crippen molar-refractivity contribution < 1.29 is 31.1 Å². The van der Waals surface area contributed by atoms with Gasteiger partial charge in [0.15, 0.2) is 0 Å². The molecular weight excluding hydrogens is 409 g/mol. The Kier molecular flexibility index (Phi) is 6.25. The summed E-state index contributed by atoms with van der Waals surface area (Å²) < 4.78 is 70.5. The molecule has 2 aromatic rings. The molecule has 6 nitrogen and oxygen atoms in total. The highest BCUT2D eigenvalue weighted by molar-refractivity contribution is 7.88. The predicted octanol–water partition coefficient (Wildman–Crippen LogP) is 3.12. The first kappa shape index (κ1) is 21.3. The summed E-state index contributed by atoms with van der Waals surface area (Å²) in [6.45, 7) is 1.28. The molecule has 0 unspecified atom stereocenters. The first-order chi connectivity index (χ1) is 13.7. The number of alkyl halides is 3. The van der Waals surface area contributed by atoms with Gasteiger partial charge >= 0.3 is 6.18 Å². The Morgan fingerprint density at radius 3 is 2.28 bits per heavy atom. The minimum Gasteiger partial charge on any atom is -0.379 e. The molecular formula is C19H19F3N2O4S. The SMILES string of the molecule is O=C(Nc1ccccc1C(F)(F)F)c1ccc(CS(=O)(=O)N2CCOCC2)cc1. The van der Waals surface area contributed by atoms with Crippen LogP contribution >= 0.6 is 0 Å². The van der Waals surface area contributed by atoms with Crippen LogP contribution in [-0.2, 0) is 26.7 Å². The third kappa shape index (κ3) is 5.34. The maximum atomic E-state index is 13.0. The second-order valence-corrected chi connectivity index (χ2v) is 8.43. The van der Waals surface area contributed by atoms with Crippen molar-refractivity contribution in [3.05, 3.63) is 65.2 Å². The van der Waals surface area contributed by atoms with Gasteiger partial charge < -0.3 is 10.1 Å². The Hall–Kier alpha value is -2.43. The van der Waals surface area contributed by atoms with Crippen LogP contribution in [0.2, 0.25) is 0 Å². The standard InChI is InChI=1S/C19H19F3N2O4S/c20-19(21,22)16-3-1-2-4-17(16)23-18(25)15-7-5-14(6-8-15)13-29(26,27)24-9-11-28-12-10-24/h1-8H,9-13H2,(H,23,25). The first-order valence-corrected chi connectivity index (χ1v) is 10.4. The molecule has 0 spiro atoms. The maximum absolute atomic E-state index is 13.0. The number of hydrogen-bond acceptors (Lipinski definition) is 4. The van der Waals surface area contributed by atoms with Gasteiger partial charge in [0.05, 0.1) is 30.2 Å². The van der Waals surface area contributed by atoms with Crippen molar-refractivity contribution in [2.45, 2.75) is 11.9 Å². The molecule has 10 heteroatoms. The second kappa shape index (κ2) is 8.52. The van der Waals surface area contributed by atoms with E-state index in [4.69, 9.17) is 4.74 Å². The average Bonchev–Trinajstić information content (AvgIpc) is 2.68. The van der Waals surface area contributed by atoms with Crippen LogP contribution in [0.3, 0.4) is 0 Å². The van der Waals surface area contributed by atoms with Gasteiger partial charge in [0.1, 0.15) is 0 Å². The van der Waals surface area contributed by atoms with Crippen LogP contribution in [0.1, 0.15) is 21.5 Å². The lowest BCUT2D eigenvalue weighted by atomic mass is 10.1. The van der Waals surface area contributed by atoms with E-state index in [9.17, 15) is 26.4 Å². The molecule has 0 aliphatic carbocycles. The third-order valence-corrected chi connectivity index (χ3v) is 6.26. The van der Waals surface area contributed by atoms with E-state index in [-0.39, 0.29) is 17.0 Å². The summed E-state index contributed by atoms with van der Waals surface area (Å²) in [6, 6.07) is 10.4. The van der Waals surface area contributed by atoms with E-state index < -0.39 is 27.7 Å². The van der Waals surface area contributed by atoms with Gasteiger partial charge in [0.25, 0.3) is 5.91 Å². The lowest BCUT2D eigenvalue weighted by Crippen LogP contribution is -2.41. The van der Waals surface area contributed by atoms with Gasteiger partial charge in [0, 0.05) is 18.7 Å². The summed E-state index contributed by atoms with van der Waals surface area (Å²) in [5, 5.41) is 2.25. The molecule has 1 fully saturated rings. The number of amides is 1. The molecule has 3 rings (SSSR count). The highest BCUT2D eigenvalue weighted by atomic mass is 32.2. The van der Waals surface area contributed by atoms with E-state index in [2.05, 4.69) is 5.32 Å². The third-order valence-electron chi connectivity index (χ3n) is 4.41. The molecule has 1 heterocycles. The number of nitrogens with zero attached hydrogens (tertiary/aromatic N) is 1. The number of nitrogens with one attached hydrogen (secondary N) is 1. The van der Waals surface area contributed by atoms with Crippen molar-refractivity contribution in [3.8, 4) is 0 Å². The molecule has 1 amide bonds. The number of sulfonamides is 1. The monoisotopic (exact) mass is 428 g/mol. The normalized spacial score (nSPS) is 15.8. The van der Waals surface area contributed by atoms with Crippen LogP contribution in [-0.4, -0.2) is 44.9 Å². The number of para-hydroxylation sites is 1. The van der Waals surface area contributed by atoms with Crippen LogP contribution < -0.4 is 5.32 Å². The molecule has 1 N–H and O–H groups in total. The fraction of sp³-hybridized carbons (Fsp3) is 0.316. The number of anilines is 1. The van der Waals surface area contributed by atoms with Crippen molar-refractivity contribution in [1.29, 1.82) is 0 Å². The number of carbonyl (C=O) groups is 1. The Balaban J connectivity index is 1.70. The van der Waals surface area contributed by atoms with Gasteiger partial charge in [-0.1, -0.05) is 24.3 Å². The van der Waals surface area contributed by atoms with Gasteiger partial charge in [-0.15, -0.1) is 0 Å². The van der Waals surface area contributed by atoms with Gasteiger partial charge in [-0.3, -0.25) is 4.79 Å². The molecule has 1 aliphatic rings. The highest BCUT2D eigenvalue weighted by Gasteiger charge is 2.33. The topological polar surface area (TPSA) is 75.7 Å². The van der Waals surface area contributed by atoms with Crippen molar-refractivity contribution >= 4 is 21.6 Å². The van der Waals surface area contributed by atoms with E-state index in [1.807, 2.05) is 0 Å². The number of halogens is 3. The number of carbonyl (C=O) groups excluding carboxylic acids is 1. The Morgan fingerprint density at radius 2 is 1.66 bits per heavy atom. The van der Waals surface area contributed by atoms with Gasteiger partial charge in [0.2, 0.25) is 10.0 Å². The van der Waals surface area contributed by atoms with Gasteiger partial charge in [-0.05, 0) is 29.8 Å². The van der Waals surface area contributed by atoms with E-state index in [1.165, 1.54) is 46.8 Å². The molecule has 1 aliphatic heterocycles. The molecule has 29 heavy (non-hydrogen) atoms. The van der Waals surface area contributed by atoms with E-state index in [0.717, 1.165) is 6.07 Å². The smallest absolute Gasteiger partial charge is 0.379 e. The molecule has 0 radical (unpaired) electrons. The lowest BCUT2D eigenvalue weighted by molar-refractivity contribution is -0.136. The fourth-order valence-corrected chi connectivity index (χ4v) is 4.41. The summed E-state index contributed by atoms with van der Waals surface area (Å²) in [5.74, 6) is -0.949. The predicted molar refractivity (Wildman–Crippen MR) is 101 cm³/mol. The van der Waals surface area contributed by atoms with Crippen molar-refractivity contribution in [2.24, 2.45) is 0 Å². The summed E-state index contributed by atoms with van der Waals surface area (Å²) in [5.41, 5.74) is -0.691. The zero-order valence-electron chi connectivity index (χ0n) is 15.3. The molecule has 0 saturated carbocycles. The van der Waals surface area contributed by atoms with Gasteiger partial charge in [-0.2, -0.15) is 17.5 Å². The second-order valence-electron chi connectivity index (χ2n) is 6.46. The quantitative estimate of drug-likeness (QED) is 0.794. The van der Waals surface area contributed by atoms with E-state index in [0.29, 0.717) is 31.9 Å². The molecule has 1 saturated heterocycles. The molecule has 0 bridgehead atoms. The largest absolute Gasteiger partial charge is 0.418 e. The van der Waals surface area contributed by atoms with Gasteiger partial charge in [-0.25, -0.2) is 8.42 Å². The molecule has 0 atom stereocenters. The number of morpholine rings is 1. The maximum Gasteiger partial charge on any atom is 0.418 e. The summed E-state index contributed by atoms with van der Waals surface area (Å²) in [6.07, 6.45) is -4.60.